The van der Waals surface area contributed by atoms with E-state index in [-0.39, 0.29) is 0 Å². The minimum atomic E-state index is -0.499. The van der Waals surface area contributed by atoms with Gasteiger partial charge in [0, 0.05) is 44.0 Å². The summed E-state index contributed by atoms with van der Waals surface area (Å²) in [5, 5.41) is 5.02. The van der Waals surface area contributed by atoms with Crippen molar-refractivity contribution in [2.75, 3.05) is 0 Å². The average Bonchev–Trinajstić information content (AvgIpc) is 3.99. The quantitative estimate of drug-likeness (QED) is 0.172. The SMILES string of the molecule is c1ccc(-c2cccc3c4ccc5c(c4n(-c4ccc6c7ccccc7n(-c7ccccc7)c6c4)c23)C2(c3ccccc3-c3ccccc32)c2ccccc2-5)cc1. The summed E-state index contributed by atoms with van der Waals surface area (Å²) in [6, 6.07) is 76.8. The van der Waals surface area contributed by atoms with Crippen LogP contribution in [0.2, 0.25) is 0 Å². The number of aromatic nitrogens is 2. The molecule has 2 aromatic heterocycles. The number of hydrogen-bond donors (Lipinski definition) is 0. The number of para-hydroxylation sites is 3. The number of nitrogens with zero attached hydrogens (tertiary/aromatic N) is 2. The molecule has 11 aromatic rings. The van der Waals surface area contributed by atoms with Crippen LogP contribution in [0.3, 0.4) is 0 Å². The van der Waals surface area contributed by atoms with E-state index in [4.69, 9.17) is 0 Å². The zero-order valence-electron chi connectivity index (χ0n) is 31.0. The first-order valence-corrected chi connectivity index (χ1v) is 19.9. The lowest BCUT2D eigenvalue weighted by molar-refractivity contribution is 0.797. The van der Waals surface area contributed by atoms with Crippen molar-refractivity contribution in [3.05, 3.63) is 229 Å². The van der Waals surface area contributed by atoms with Gasteiger partial charge in [0.15, 0.2) is 0 Å². The zero-order chi connectivity index (χ0) is 37.2. The first kappa shape index (κ1) is 30.9. The van der Waals surface area contributed by atoms with E-state index in [1.807, 2.05) is 0 Å². The van der Waals surface area contributed by atoms with Crippen LogP contribution in [0.1, 0.15) is 22.3 Å². The van der Waals surface area contributed by atoms with Crippen molar-refractivity contribution in [3.8, 4) is 44.8 Å². The first-order valence-electron chi connectivity index (χ1n) is 19.9. The number of fused-ring (bicyclic) bond motifs is 17. The van der Waals surface area contributed by atoms with Crippen molar-refractivity contribution in [1.29, 1.82) is 0 Å². The lowest BCUT2D eigenvalue weighted by Crippen LogP contribution is -2.26. The second-order valence-electron chi connectivity index (χ2n) is 15.6. The van der Waals surface area contributed by atoms with Crippen LogP contribution in [0, 0.1) is 0 Å². The monoisotopic (exact) mass is 722 g/mol. The minimum absolute atomic E-state index is 0.499. The molecule has 2 nitrogen and oxygen atoms in total. The molecule has 0 radical (unpaired) electrons. The van der Waals surface area contributed by atoms with E-state index in [2.05, 4.69) is 215 Å². The summed E-state index contributed by atoms with van der Waals surface area (Å²) < 4.78 is 5.06. The number of hydrogen-bond acceptors (Lipinski definition) is 0. The van der Waals surface area contributed by atoms with Crippen LogP contribution >= 0.6 is 0 Å². The molecule has 9 aromatic carbocycles. The van der Waals surface area contributed by atoms with E-state index in [0.29, 0.717) is 0 Å². The molecular formula is C55H34N2. The standard InChI is InChI=1S/C55H34N2/c1-3-16-35(17-4-1)38-24-15-25-45-46-33-32-44-41-22-9-13-28-49(41)55(47-26-11-7-20-39(47)40-21-8-12-27-48(40)55)52(44)54(46)57(53(38)45)37-30-31-43-42-23-10-14-29-50(42)56(51(43)34-37)36-18-5-2-6-19-36/h1-34H. The predicted octanol–water partition coefficient (Wildman–Crippen LogP) is 13.9. The third-order valence-corrected chi connectivity index (χ3v) is 12.9. The Hall–Kier alpha value is -7.42. The molecule has 0 atom stereocenters. The fraction of sp³-hybridized carbons (Fsp3) is 0.0182. The van der Waals surface area contributed by atoms with Gasteiger partial charge in [0.25, 0.3) is 0 Å². The van der Waals surface area contributed by atoms with Crippen molar-refractivity contribution in [2.24, 2.45) is 0 Å². The molecule has 2 aliphatic carbocycles. The Kier molecular flexibility index (Phi) is 6.13. The van der Waals surface area contributed by atoms with E-state index < -0.39 is 5.41 Å². The molecule has 264 valence electrons. The van der Waals surface area contributed by atoms with Crippen molar-refractivity contribution < 1.29 is 0 Å². The van der Waals surface area contributed by atoms with Gasteiger partial charge in [-0.05, 0) is 74.8 Å². The summed E-state index contributed by atoms with van der Waals surface area (Å²) in [6.45, 7) is 0. The van der Waals surface area contributed by atoms with Gasteiger partial charge in [-0.1, -0.05) is 176 Å². The zero-order valence-corrected chi connectivity index (χ0v) is 31.0. The van der Waals surface area contributed by atoms with E-state index in [1.54, 1.807) is 0 Å². The van der Waals surface area contributed by atoms with E-state index in [1.165, 1.54) is 99.2 Å². The molecule has 0 fully saturated rings. The van der Waals surface area contributed by atoms with Gasteiger partial charge in [0.05, 0.1) is 27.5 Å². The fourth-order valence-electron chi connectivity index (χ4n) is 10.8. The summed E-state index contributed by atoms with van der Waals surface area (Å²) in [5.74, 6) is 0. The second-order valence-corrected chi connectivity index (χ2v) is 15.6. The largest absolute Gasteiger partial charge is 0.309 e. The third-order valence-electron chi connectivity index (χ3n) is 12.9. The number of benzene rings is 9. The molecular weight excluding hydrogens is 689 g/mol. The van der Waals surface area contributed by atoms with Crippen molar-refractivity contribution in [1.82, 2.24) is 9.13 Å². The van der Waals surface area contributed by atoms with E-state index >= 15 is 0 Å². The Morgan fingerprint density at radius 1 is 0.298 bits per heavy atom. The van der Waals surface area contributed by atoms with Crippen LogP contribution in [0.25, 0.3) is 88.4 Å². The van der Waals surface area contributed by atoms with Gasteiger partial charge in [0.1, 0.15) is 0 Å². The molecule has 2 aliphatic rings. The molecule has 0 bridgehead atoms. The van der Waals surface area contributed by atoms with Gasteiger partial charge in [-0.2, -0.15) is 0 Å². The number of rotatable bonds is 3. The summed E-state index contributed by atoms with van der Waals surface area (Å²) in [4.78, 5) is 0. The van der Waals surface area contributed by atoms with Crippen molar-refractivity contribution in [2.45, 2.75) is 5.41 Å². The molecule has 0 N–H and O–H groups in total. The van der Waals surface area contributed by atoms with Crippen LogP contribution in [-0.2, 0) is 5.41 Å². The van der Waals surface area contributed by atoms with E-state index in [0.717, 1.165) is 11.4 Å². The topological polar surface area (TPSA) is 9.86 Å². The Balaban J connectivity index is 1.25. The van der Waals surface area contributed by atoms with Gasteiger partial charge >= 0.3 is 0 Å². The Labute approximate surface area is 330 Å². The van der Waals surface area contributed by atoms with Crippen LogP contribution in [0.4, 0.5) is 0 Å². The maximum atomic E-state index is 2.62. The fourth-order valence-corrected chi connectivity index (χ4v) is 10.8. The lowest BCUT2D eigenvalue weighted by Gasteiger charge is -2.31. The average molecular weight is 723 g/mol. The highest BCUT2D eigenvalue weighted by Gasteiger charge is 2.53. The van der Waals surface area contributed by atoms with E-state index in [9.17, 15) is 0 Å². The van der Waals surface area contributed by atoms with Gasteiger partial charge in [-0.3, -0.25) is 0 Å². The molecule has 13 rings (SSSR count). The van der Waals surface area contributed by atoms with Crippen LogP contribution in [0.5, 0.6) is 0 Å². The highest BCUT2D eigenvalue weighted by atomic mass is 15.0. The van der Waals surface area contributed by atoms with Gasteiger partial charge in [0.2, 0.25) is 0 Å². The predicted molar refractivity (Wildman–Crippen MR) is 237 cm³/mol. The molecule has 0 aliphatic heterocycles. The molecule has 0 saturated heterocycles. The highest BCUT2D eigenvalue weighted by Crippen LogP contribution is 2.64. The molecule has 0 saturated carbocycles. The normalized spacial score (nSPS) is 13.4. The summed E-state index contributed by atoms with van der Waals surface area (Å²) >= 11 is 0. The highest BCUT2D eigenvalue weighted by molar-refractivity contribution is 6.18. The summed E-state index contributed by atoms with van der Waals surface area (Å²) in [6.07, 6.45) is 0. The molecule has 57 heavy (non-hydrogen) atoms. The Bertz CT molecular complexity index is 3390. The van der Waals surface area contributed by atoms with Crippen molar-refractivity contribution in [3.63, 3.8) is 0 Å². The molecule has 1 spiro atoms. The molecule has 2 heterocycles. The van der Waals surface area contributed by atoms with Crippen molar-refractivity contribution >= 4 is 43.6 Å². The third kappa shape index (κ3) is 3.89. The smallest absolute Gasteiger partial charge is 0.0746 e. The maximum Gasteiger partial charge on any atom is 0.0746 e. The van der Waals surface area contributed by atoms with Gasteiger partial charge in [-0.15, -0.1) is 0 Å². The van der Waals surface area contributed by atoms with Crippen LogP contribution in [-0.4, -0.2) is 9.13 Å². The first-order chi connectivity index (χ1) is 28.3. The molecule has 0 unspecified atom stereocenters. The summed E-state index contributed by atoms with van der Waals surface area (Å²) in [5.41, 5.74) is 19.8. The summed E-state index contributed by atoms with van der Waals surface area (Å²) in [7, 11) is 0. The lowest BCUT2D eigenvalue weighted by atomic mass is 9.70. The molecule has 2 heteroatoms. The second kappa shape index (κ2) is 11.3. The minimum Gasteiger partial charge on any atom is -0.309 e. The molecule has 0 amide bonds. The van der Waals surface area contributed by atoms with Gasteiger partial charge < -0.3 is 9.13 Å². The van der Waals surface area contributed by atoms with Gasteiger partial charge in [-0.25, -0.2) is 0 Å². The Morgan fingerprint density at radius 3 is 1.54 bits per heavy atom. The maximum absolute atomic E-state index is 2.62. The van der Waals surface area contributed by atoms with Crippen LogP contribution in [0.15, 0.2) is 206 Å². The Morgan fingerprint density at radius 2 is 0.825 bits per heavy atom. The van der Waals surface area contributed by atoms with Crippen LogP contribution < -0.4 is 0 Å².